The minimum atomic E-state index is -1.00. The van der Waals surface area contributed by atoms with Gasteiger partial charge in [0.1, 0.15) is 6.04 Å². The normalized spacial score (nSPS) is 11.4. The summed E-state index contributed by atoms with van der Waals surface area (Å²) in [6.45, 7) is 0. The predicted molar refractivity (Wildman–Crippen MR) is 46.8 cm³/mol. The minimum absolute atomic E-state index is 0. The van der Waals surface area contributed by atoms with Crippen LogP contribution in [-0.2, 0) is 4.79 Å². The van der Waals surface area contributed by atoms with Crippen LogP contribution in [0.1, 0.15) is 11.6 Å². The maximum atomic E-state index is 10.4. The Morgan fingerprint density at radius 2 is 1.83 bits per heavy atom. The Hall–Kier alpha value is -0.0903. The molecule has 4 heteroatoms. The van der Waals surface area contributed by atoms with Crippen molar-refractivity contribution in [3.63, 3.8) is 0 Å². The van der Waals surface area contributed by atoms with E-state index in [0.717, 1.165) is 0 Å². The Bertz CT molecular complexity index is 250. The predicted octanol–water partition coefficient (Wildman–Crippen LogP) is 0.390. The number of nitrogens with two attached hydrogens (primary N) is 1. The standard InChI is InChI=1S/C8H9NO2.Ca/c9-7(8(10)11)6-4-2-1-3-5-6;/h1-5,7H,9H2,(H,10,11);. The van der Waals surface area contributed by atoms with Crippen molar-refractivity contribution < 1.29 is 9.90 Å². The average Bonchev–Trinajstić information content (AvgIpc) is 2.05. The van der Waals surface area contributed by atoms with Crippen LogP contribution >= 0.6 is 0 Å². The maximum absolute atomic E-state index is 10.4. The summed E-state index contributed by atoms with van der Waals surface area (Å²) in [5, 5.41) is 8.51. The van der Waals surface area contributed by atoms with Gasteiger partial charge in [-0.15, -0.1) is 0 Å². The molecule has 0 aliphatic rings. The molecule has 1 rings (SSSR count). The summed E-state index contributed by atoms with van der Waals surface area (Å²) in [4.78, 5) is 10.4. The summed E-state index contributed by atoms with van der Waals surface area (Å²) in [6.07, 6.45) is 0. The zero-order valence-electron chi connectivity index (χ0n) is 6.60. The third-order valence-corrected chi connectivity index (χ3v) is 1.42. The number of carboxylic acids is 1. The molecule has 0 bridgehead atoms. The van der Waals surface area contributed by atoms with Gasteiger partial charge >= 0.3 is 5.97 Å². The van der Waals surface area contributed by atoms with Gasteiger partial charge in [0.15, 0.2) is 0 Å². The fraction of sp³-hybridized carbons (Fsp3) is 0.125. The monoisotopic (exact) mass is 191 g/mol. The molecule has 0 heterocycles. The fourth-order valence-electron chi connectivity index (χ4n) is 0.803. The van der Waals surface area contributed by atoms with E-state index in [9.17, 15) is 4.79 Å². The molecule has 2 radical (unpaired) electrons. The van der Waals surface area contributed by atoms with Crippen molar-refractivity contribution >= 4 is 43.7 Å². The van der Waals surface area contributed by atoms with Crippen LogP contribution < -0.4 is 5.73 Å². The van der Waals surface area contributed by atoms with Crippen molar-refractivity contribution in [2.24, 2.45) is 5.73 Å². The summed E-state index contributed by atoms with van der Waals surface area (Å²) in [5.74, 6) is -1.00. The van der Waals surface area contributed by atoms with Crippen molar-refractivity contribution in [2.45, 2.75) is 6.04 Å². The number of carboxylic acid groups (broad SMARTS) is 1. The van der Waals surface area contributed by atoms with E-state index in [1.54, 1.807) is 24.3 Å². The Labute approximate surface area is 101 Å². The largest absolute Gasteiger partial charge is 0.480 e. The van der Waals surface area contributed by atoms with Gasteiger partial charge in [-0.1, -0.05) is 30.3 Å². The van der Waals surface area contributed by atoms with Crippen molar-refractivity contribution in [3.8, 4) is 0 Å². The second-order valence-electron chi connectivity index (χ2n) is 2.23. The number of rotatable bonds is 2. The van der Waals surface area contributed by atoms with Gasteiger partial charge in [-0.3, -0.25) is 4.79 Å². The molecule has 60 valence electrons. The Kier molecular flexibility index (Phi) is 5.50. The van der Waals surface area contributed by atoms with Gasteiger partial charge in [0.2, 0.25) is 0 Å². The van der Waals surface area contributed by atoms with Crippen LogP contribution in [0.2, 0.25) is 0 Å². The van der Waals surface area contributed by atoms with E-state index >= 15 is 0 Å². The van der Waals surface area contributed by atoms with Crippen LogP contribution in [0.15, 0.2) is 30.3 Å². The molecule has 0 aliphatic heterocycles. The first-order valence-electron chi connectivity index (χ1n) is 3.25. The van der Waals surface area contributed by atoms with Crippen LogP contribution in [0.5, 0.6) is 0 Å². The number of hydrogen-bond donors (Lipinski definition) is 2. The molecule has 0 aromatic heterocycles. The molecule has 1 aromatic rings. The van der Waals surface area contributed by atoms with Gasteiger partial charge in [0, 0.05) is 37.7 Å². The minimum Gasteiger partial charge on any atom is -0.480 e. The zero-order valence-corrected chi connectivity index (χ0v) is 8.81. The maximum Gasteiger partial charge on any atom is 0.325 e. The van der Waals surface area contributed by atoms with Crippen molar-refractivity contribution in [1.29, 1.82) is 0 Å². The Morgan fingerprint density at radius 1 is 1.33 bits per heavy atom. The Balaban J connectivity index is 0.00000121. The average molecular weight is 191 g/mol. The number of benzene rings is 1. The summed E-state index contributed by atoms with van der Waals surface area (Å²) in [7, 11) is 0. The van der Waals surface area contributed by atoms with E-state index in [4.69, 9.17) is 10.8 Å². The second kappa shape index (κ2) is 5.54. The SMILES string of the molecule is NC(C(=O)O)c1ccccc1.[Ca]. The third kappa shape index (κ3) is 3.11. The zero-order chi connectivity index (χ0) is 8.27. The first kappa shape index (κ1) is 11.9. The Morgan fingerprint density at radius 3 is 2.25 bits per heavy atom. The van der Waals surface area contributed by atoms with E-state index in [1.165, 1.54) is 0 Å². The molecule has 1 aromatic carbocycles. The van der Waals surface area contributed by atoms with Gasteiger partial charge in [-0.05, 0) is 5.56 Å². The molecule has 1 atom stereocenters. The molecule has 0 fully saturated rings. The van der Waals surface area contributed by atoms with Gasteiger partial charge in [0.05, 0.1) is 0 Å². The van der Waals surface area contributed by atoms with Crippen LogP contribution in [0, 0.1) is 0 Å². The van der Waals surface area contributed by atoms with Gasteiger partial charge in [0.25, 0.3) is 0 Å². The number of aliphatic carboxylic acids is 1. The van der Waals surface area contributed by atoms with Crippen LogP contribution in [0.25, 0.3) is 0 Å². The van der Waals surface area contributed by atoms with Gasteiger partial charge < -0.3 is 10.8 Å². The van der Waals surface area contributed by atoms with Gasteiger partial charge in [-0.2, -0.15) is 0 Å². The van der Waals surface area contributed by atoms with E-state index in [-0.39, 0.29) is 37.7 Å². The third-order valence-electron chi connectivity index (χ3n) is 1.42. The number of hydrogen-bond acceptors (Lipinski definition) is 2. The van der Waals surface area contributed by atoms with Crippen LogP contribution in [0.4, 0.5) is 0 Å². The summed E-state index contributed by atoms with van der Waals surface area (Å²) >= 11 is 0. The van der Waals surface area contributed by atoms with Crippen molar-refractivity contribution in [3.05, 3.63) is 35.9 Å². The molecule has 3 N–H and O–H groups in total. The number of carbonyl (C=O) groups is 1. The van der Waals surface area contributed by atoms with E-state index in [1.807, 2.05) is 6.07 Å². The quantitative estimate of drug-likeness (QED) is 0.665. The van der Waals surface area contributed by atoms with Crippen LogP contribution in [0.3, 0.4) is 0 Å². The first-order valence-corrected chi connectivity index (χ1v) is 3.25. The molecule has 0 saturated heterocycles. The molecular formula is C8H9CaNO2. The summed E-state index contributed by atoms with van der Waals surface area (Å²) < 4.78 is 0. The smallest absolute Gasteiger partial charge is 0.325 e. The fourth-order valence-corrected chi connectivity index (χ4v) is 0.803. The second-order valence-corrected chi connectivity index (χ2v) is 2.23. The molecule has 1 unspecified atom stereocenters. The van der Waals surface area contributed by atoms with E-state index < -0.39 is 12.0 Å². The van der Waals surface area contributed by atoms with Crippen molar-refractivity contribution in [2.75, 3.05) is 0 Å². The molecule has 12 heavy (non-hydrogen) atoms. The molecule has 0 amide bonds. The van der Waals surface area contributed by atoms with Crippen LogP contribution in [-0.4, -0.2) is 48.8 Å². The molecule has 0 saturated carbocycles. The van der Waals surface area contributed by atoms with E-state index in [2.05, 4.69) is 0 Å². The van der Waals surface area contributed by atoms with Crippen molar-refractivity contribution in [1.82, 2.24) is 0 Å². The van der Waals surface area contributed by atoms with Gasteiger partial charge in [-0.25, -0.2) is 0 Å². The molecular weight excluding hydrogens is 182 g/mol. The topological polar surface area (TPSA) is 63.3 Å². The summed E-state index contributed by atoms with van der Waals surface area (Å²) in [6, 6.07) is 7.82. The first-order chi connectivity index (χ1) is 5.22. The molecule has 3 nitrogen and oxygen atoms in total. The summed E-state index contributed by atoms with van der Waals surface area (Å²) in [5.41, 5.74) is 5.96. The van der Waals surface area contributed by atoms with E-state index in [0.29, 0.717) is 5.56 Å². The molecule has 0 aliphatic carbocycles. The molecule has 0 spiro atoms.